The van der Waals surface area contributed by atoms with Crippen LogP contribution >= 0.6 is 11.8 Å². The fraction of sp³-hybridized carbons (Fsp3) is 0.429. The fourth-order valence-corrected chi connectivity index (χ4v) is 3.21. The Kier molecular flexibility index (Phi) is 4.31. The van der Waals surface area contributed by atoms with E-state index in [9.17, 15) is 0 Å². The third kappa shape index (κ3) is 2.98. The number of nitrogens with zero attached hydrogens (tertiary/aromatic N) is 3. The lowest BCUT2D eigenvalue weighted by Gasteiger charge is -2.26. The van der Waals surface area contributed by atoms with Gasteiger partial charge in [0.2, 0.25) is 5.16 Å². The van der Waals surface area contributed by atoms with Gasteiger partial charge in [0.1, 0.15) is 5.75 Å². The molecular formula is C14H18N4O2S. The van der Waals surface area contributed by atoms with Crippen molar-refractivity contribution in [1.29, 1.82) is 0 Å². The summed E-state index contributed by atoms with van der Waals surface area (Å²) in [5, 5.41) is 9.33. The molecule has 0 fully saturated rings. The molecule has 0 saturated heterocycles. The minimum absolute atomic E-state index is 0.228. The average Bonchev–Trinajstić information content (AvgIpc) is 2.95. The van der Waals surface area contributed by atoms with Gasteiger partial charge in [0, 0.05) is 19.3 Å². The number of fused-ring (bicyclic) bond motifs is 1. The van der Waals surface area contributed by atoms with Crippen molar-refractivity contribution in [2.24, 2.45) is 0 Å². The summed E-state index contributed by atoms with van der Waals surface area (Å²) < 4.78 is 12.3. The molecule has 0 spiro atoms. The van der Waals surface area contributed by atoms with E-state index in [2.05, 4.69) is 27.8 Å². The van der Waals surface area contributed by atoms with Crippen LogP contribution in [0.15, 0.2) is 29.4 Å². The molecule has 6 nitrogen and oxygen atoms in total. The van der Waals surface area contributed by atoms with Gasteiger partial charge in [0.15, 0.2) is 5.82 Å². The van der Waals surface area contributed by atoms with E-state index in [1.807, 2.05) is 16.8 Å². The van der Waals surface area contributed by atoms with Crippen molar-refractivity contribution in [3.05, 3.63) is 35.7 Å². The predicted molar refractivity (Wildman–Crippen MR) is 81.4 cm³/mol. The zero-order valence-electron chi connectivity index (χ0n) is 12.1. The first kappa shape index (κ1) is 14.2. The van der Waals surface area contributed by atoms with E-state index in [0.717, 1.165) is 28.9 Å². The molecule has 1 atom stereocenters. The Morgan fingerprint density at radius 2 is 2.10 bits per heavy atom. The first-order chi connectivity index (χ1) is 10.3. The summed E-state index contributed by atoms with van der Waals surface area (Å²) in [5.74, 6) is 2.69. The summed E-state index contributed by atoms with van der Waals surface area (Å²) in [7, 11) is 3.37. The molecule has 2 heterocycles. The van der Waals surface area contributed by atoms with E-state index in [4.69, 9.17) is 9.47 Å². The molecule has 1 aliphatic heterocycles. The highest BCUT2D eigenvalue weighted by Crippen LogP contribution is 2.30. The Labute approximate surface area is 127 Å². The molecular weight excluding hydrogens is 288 g/mol. The van der Waals surface area contributed by atoms with Gasteiger partial charge < -0.3 is 14.9 Å². The number of benzene rings is 1. The second kappa shape index (κ2) is 6.36. The Bertz CT molecular complexity index is 600. The smallest absolute Gasteiger partial charge is 0.210 e. The quantitative estimate of drug-likeness (QED) is 0.910. The first-order valence-corrected chi connectivity index (χ1v) is 7.77. The van der Waals surface area contributed by atoms with Crippen molar-refractivity contribution in [3.63, 3.8) is 0 Å². The Morgan fingerprint density at radius 3 is 2.81 bits per heavy atom. The largest absolute Gasteiger partial charge is 0.497 e. The normalized spacial score (nSPS) is 17.1. The van der Waals surface area contributed by atoms with Crippen LogP contribution in [0.5, 0.6) is 5.75 Å². The zero-order valence-corrected chi connectivity index (χ0v) is 12.9. The zero-order chi connectivity index (χ0) is 14.7. The molecule has 0 radical (unpaired) electrons. The average molecular weight is 306 g/mol. The van der Waals surface area contributed by atoms with Crippen molar-refractivity contribution in [2.45, 2.75) is 17.6 Å². The highest BCUT2D eigenvalue weighted by Gasteiger charge is 2.23. The maximum Gasteiger partial charge on any atom is 0.210 e. The number of hydrogen-bond donors (Lipinski definition) is 1. The third-order valence-electron chi connectivity index (χ3n) is 3.41. The number of thioether (sulfide) groups is 1. The second-order valence-corrected chi connectivity index (χ2v) is 5.73. The number of nitrogens with one attached hydrogen (secondary N) is 1. The third-order valence-corrected chi connectivity index (χ3v) is 4.43. The monoisotopic (exact) mass is 306 g/mol. The topological polar surface area (TPSA) is 61.2 Å². The molecule has 1 aromatic carbocycles. The van der Waals surface area contributed by atoms with E-state index in [1.165, 1.54) is 5.56 Å². The molecule has 1 unspecified atom stereocenters. The van der Waals surface area contributed by atoms with Gasteiger partial charge in [-0.3, -0.25) is 0 Å². The number of ether oxygens (including phenoxy) is 2. The molecule has 0 saturated carbocycles. The summed E-state index contributed by atoms with van der Waals surface area (Å²) in [6.45, 7) is 0.637. The number of methoxy groups -OCH3 is 2. The molecule has 0 bridgehead atoms. The fourth-order valence-electron chi connectivity index (χ4n) is 2.24. The molecule has 2 aromatic rings. The summed E-state index contributed by atoms with van der Waals surface area (Å²) >= 11 is 1.71. The Balaban J connectivity index is 1.77. The summed E-state index contributed by atoms with van der Waals surface area (Å²) in [5.41, 5.74) is 4.71. The van der Waals surface area contributed by atoms with Gasteiger partial charge in [-0.1, -0.05) is 23.9 Å². The number of hydrogen-bond acceptors (Lipinski definition) is 6. The Hall–Kier alpha value is -1.73. The minimum Gasteiger partial charge on any atom is -0.497 e. The van der Waals surface area contributed by atoms with Crippen LogP contribution in [0.25, 0.3) is 0 Å². The second-order valence-electron chi connectivity index (χ2n) is 4.74. The van der Waals surface area contributed by atoms with Crippen LogP contribution < -0.4 is 10.2 Å². The lowest BCUT2D eigenvalue weighted by molar-refractivity contribution is 0.199. The van der Waals surface area contributed by atoms with Crippen molar-refractivity contribution in [3.8, 4) is 5.75 Å². The van der Waals surface area contributed by atoms with Crippen molar-refractivity contribution < 1.29 is 9.47 Å². The summed E-state index contributed by atoms with van der Waals surface area (Å²) in [6, 6.07) is 8.36. The number of aromatic nitrogens is 3. The Morgan fingerprint density at radius 1 is 1.29 bits per heavy atom. The standard InChI is InChI=1S/C14H18N4O2S/c1-19-8-7-13-15-16-14-18(13)17-12(9-21-14)10-3-5-11(20-2)6-4-10/h3-6,12,17H,7-9H2,1-2H3. The van der Waals surface area contributed by atoms with Crippen LogP contribution in [0, 0.1) is 0 Å². The van der Waals surface area contributed by atoms with E-state index in [-0.39, 0.29) is 6.04 Å². The molecule has 3 rings (SSSR count). The van der Waals surface area contributed by atoms with Crippen molar-refractivity contribution in [1.82, 2.24) is 14.9 Å². The van der Waals surface area contributed by atoms with Gasteiger partial charge in [0.05, 0.1) is 19.8 Å². The molecule has 0 aliphatic carbocycles. The summed E-state index contributed by atoms with van der Waals surface area (Å²) in [4.78, 5) is 0. The summed E-state index contributed by atoms with van der Waals surface area (Å²) in [6.07, 6.45) is 0.742. The van der Waals surface area contributed by atoms with Crippen LogP contribution in [0.2, 0.25) is 0 Å². The van der Waals surface area contributed by atoms with Crippen LogP contribution in [-0.2, 0) is 11.2 Å². The van der Waals surface area contributed by atoms with Crippen molar-refractivity contribution in [2.75, 3.05) is 32.0 Å². The van der Waals surface area contributed by atoms with E-state index < -0.39 is 0 Å². The maximum absolute atomic E-state index is 5.20. The van der Waals surface area contributed by atoms with E-state index >= 15 is 0 Å². The van der Waals surface area contributed by atoms with E-state index in [1.54, 1.807) is 26.0 Å². The minimum atomic E-state index is 0.228. The first-order valence-electron chi connectivity index (χ1n) is 6.78. The van der Waals surface area contributed by atoms with Gasteiger partial charge in [-0.25, -0.2) is 4.68 Å². The molecule has 1 aromatic heterocycles. The molecule has 1 aliphatic rings. The van der Waals surface area contributed by atoms with Gasteiger partial charge >= 0.3 is 0 Å². The van der Waals surface area contributed by atoms with Crippen LogP contribution in [0.4, 0.5) is 0 Å². The van der Waals surface area contributed by atoms with Crippen LogP contribution in [-0.4, -0.2) is 41.5 Å². The van der Waals surface area contributed by atoms with Gasteiger partial charge in [-0.15, -0.1) is 10.2 Å². The number of rotatable bonds is 5. The predicted octanol–water partition coefficient (Wildman–Crippen LogP) is 1.87. The van der Waals surface area contributed by atoms with Crippen LogP contribution in [0.1, 0.15) is 17.4 Å². The highest BCUT2D eigenvalue weighted by molar-refractivity contribution is 7.99. The van der Waals surface area contributed by atoms with Crippen molar-refractivity contribution >= 4 is 11.8 Å². The molecule has 7 heteroatoms. The van der Waals surface area contributed by atoms with Gasteiger partial charge in [-0.2, -0.15) is 0 Å². The van der Waals surface area contributed by atoms with Crippen LogP contribution in [0.3, 0.4) is 0 Å². The lowest BCUT2D eigenvalue weighted by atomic mass is 10.1. The van der Waals surface area contributed by atoms with E-state index in [0.29, 0.717) is 6.61 Å². The molecule has 1 N–H and O–H groups in total. The van der Waals surface area contributed by atoms with Gasteiger partial charge in [0.25, 0.3) is 0 Å². The maximum atomic E-state index is 5.20. The highest BCUT2D eigenvalue weighted by atomic mass is 32.2. The molecule has 112 valence electrons. The lowest BCUT2D eigenvalue weighted by Crippen LogP contribution is -2.29. The molecule has 0 amide bonds. The SMILES string of the molecule is COCCc1nnc2n1NC(c1ccc(OC)cc1)CS2. The molecule has 21 heavy (non-hydrogen) atoms. The van der Waals surface area contributed by atoms with Gasteiger partial charge in [-0.05, 0) is 17.7 Å².